The molecule has 1 saturated heterocycles. The van der Waals surface area contributed by atoms with Gasteiger partial charge in [-0.1, -0.05) is 25.3 Å². The van der Waals surface area contributed by atoms with E-state index in [-0.39, 0.29) is 12.1 Å². The van der Waals surface area contributed by atoms with Gasteiger partial charge in [-0.05, 0) is 63.3 Å². The third-order valence-electron chi connectivity index (χ3n) is 6.51. The predicted octanol–water partition coefficient (Wildman–Crippen LogP) is 3.18. The molecule has 1 saturated carbocycles. The summed E-state index contributed by atoms with van der Waals surface area (Å²) < 4.78 is 0. The summed E-state index contributed by atoms with van der Waals surface area (Å²) >= 11 is 0. The minimum atomic E-state index is -0.469. The summed E-state index contributed by atoms with van der Waals surface area (Å²) in [5, 5.41) is 13.6. The minimum absolute atomic E-state index is 0.284. The zero-order valence-electron chi connectivity index (χ0n) is 18.9. The maximum absolute atomic E-state index is 11.6. The largest absolute Gasteiger partial charge is 0.366 e. The first-order chi connectivity index (χ1) is 15.5. The molecule has 2 atom stereocenters. The molecule has 2 fully saturated rings. The van der Waals surface area contributed by atoms with Gasteiger partial charge in [0.1, 0.15) is 0 Å². The van der Waals surface area contributed by atoms with Crippen molar-refractivity contribution in [3.05, 3.63) is 29.3 Å². The van der Waals surface area contributed by atoms with Gasteiger partial charge in [-0.25, -0.2) is 0 Å². The Morgan fingerprint density at radius 2 is 1.84 bits per heavy atom. The van der Waals surface area contributed by atoms with Crippen molar-refractivity contribution < 1.29 is 4.79 Å². The molecule has 6 N–H and O–H groups in total. The van der Waals surface area contributed by atoms with Crippen LogP contribution >= 0.6 is 0 Å². The number of hydrogen-bond donors (Lipinski definition) is 5. The summed E-state index contributed by atoms with van der Waals surface area (Å²) in [4.78, 5) is 25.5. The highest BCUT2D eigenvalue weighted by atomic mass is 16.1. The molecular formula is C23H34N8O. The molecule has 1 amide bonds. The number of nitrogens with one attached hydrogen (secondary N) is 4. The van der Waals surface area contributed by atoms with Crippen molar-refractivity contribution in [3.63, 3.8) is 0 Å². The van der Waals surface area contributed by atoms with E-state index in [4.69, 9.17) is 5.73 Å². The van der Waals surface area contributed by atoms with Gasteiger partial charge >= 0.3 is 0 Å². The highest BCUT2D eigenvalue weighted by Crippen LogP contribution is 2.28. The Balaban J connectivity index is 1.58. The molecule has 9 nitrogen and oxygen atoms in total. The fraction of sp³-hybridized carbons (Fsp3) is 0.565. The van der Waals surface area contributed by atoms with E-state index in [1.54, 1.807) is 12.1 Å². The number of aryl methyl sites for hydroxylation is 1. The SMILES string of the molecule is Cc1ccc(C(N)=O)cc1Nc1nc(NC(C)C2CCCCC2)nc(N[C@H]2CCNC2)n1. The summed E-state index contributed by atoms with van der Waals surface area (Å²) in [6, 6.07) is 5.87. The Morgan fingerprint density at radius 1 is 1.09 bits per heavy atom. The highest BCUT2D eigenvalue weighted by Gasteiger charge is 2.22. The van der Waals surface area contributed by atoms with Crippen LogP contribution in [0.3, 0.4) is 0 Å². The molecule has 1 aliphatic heterocycles. The molecule has 4 rings (SSSR count). The number of rotatable bonds is 8. The predicted molar refractivity (Wildman–Crippen MR) is 127 cm³/mol. The second kappa shape index (κ2) is 10.1. The number of hydrogen-bond acceptors (Lipinski definition) is 8. The van der Waals surface area contributed by atoms with Crippen LogP contribution in [0.2, 0.25) is 0 Å². The van der Waals surface area contributed by atoms with Crippen LogP contribution in [0.15, 0.2) is 18.2 Å². The molecule has 172 valence electrons. The summed E-state index contributed by atoms with van der Waals surface area (Å²) in [6.45, 7) is 6.04. The van der Waals surface area contributed by atoms with Crippen LogP contribution in [-0.4, -0.2) is 46.0 Å². The van der Waals surface area contributed by atoms with Crippen molar-refractivity contribution in [2.45, 2.75) is 64.5 Å². The van der Waals surface area contributed by atoms with Gasteiger partial charge in [0, 0.05) is 29.9 Å². The Labute approximate surface area is 189 Å². The first kappa shape index (κ1) is 22.3. The molecule has 0 spiro atoms. The van der Waals surface area contributed by atoms with Crippen LogP contribution in [0.25, 0.3) is 0 Å². The number of primary amides is 1. The topological polar surface area (TPSA) is 130 Å². The molecule has 2 heterocycles. The minimum Gasteiger partial charge on any atom is -0.366 e. The number of benzene rings is 1. The fourth-order valence-corrected chi connectivity index (χ4v) is 4.51. The van der Waals surface area contributed by atoms with E-state index in [0.717, 1.165) is 30.8 Å². The zero-order valence-corrected chi connectivity index (χ0v) is 18.9. The molecule has 2 aliphatic rings. The van der Waals surface area contributed by atoms with E-state index in [1.165, 1.54) is 32.1 Å². The molecule has 1 aromatic carbocycles. The Kier molecular flexibility index (Phi) is 7.04. The lowest BCUT2D eigenvalue weighted by Gasteiger charge is -2.28. The number of aromatic nitrogens is 3. The van der Waals surface area contributed by atoms with E-state index in [0.29, 0.717) is 29.3 Å². The normalized spacial score (nSPS) is 20.0. The molecule has 9 heteroatoms. The molecular weight excluding hydrogens is 404 g/mol. The quantitative estimate of drug-likeness (QED) is 0.425. The number of nitrogens with zero attached hydrogens (tertiary/aromatic N) is 3. The lowest BCUT2D eigenvalue weighted by Crippen LogP contribution is -2.29. The number of nitrogens with two attached hydrogens (primary N) is 1. The van der Waals surface area contributed by atoms with Crippen LogP contribution in [-0.2, 0) is 0 Å². The van der Waals surface area contributed by atoms with Crippen LogP contribution in [0.4, 0.5) is 23.5 Å². The summed E-state index contributed by atoms with van der Waals surface area (Å²) in [5.41, 5.74) is 7.60. The van der Waals surface area contributed by atoms with E-state index < -0.39 is 5.91 Å². The van der Waals surface area contributed by atoms with Crippen molar-refractivity contribution in [2.24, 2.45) is 11.7 Å². The maximum atomic E-state index is 11.6. The van der Waals surface area contributed by atoms with Crippen LogP contribution in [0.5, 0.6) is 0 Å². The lowest BCUT2D eigenvalue weighted by atomic mass is 9.85. The van der Waals surface area contributed by atoms with Crippen molar-refractivity contribution >= 4 is 29.4 Å². The monoisotopic (exact) mass is 438 g/mol. The molecule has 2 aromatic rings. The maximum Gasteiger partial charge on any atom is 0.248 e. The smallest absolute Gasteiger partial charge is 0.248 e. The highest BCUT2D eigenvalue weighted by molar-refractivity contribution is 5.94. The Hall–Kier alpha value is -2.94. The molecule has 0 radical (unpaired) electrons. The van der Waals surface area contributed by atoms with Crippen LogP contribution < -0.4 is 27.0 Å². The molecule has 1 aromatic heterocycles. The van der Waals surface area contributed by atoms with Crippen molar-refractivity contribution in [2.75, 3.05) is 29.0 Å². The number of anilines is 4. The number of amides is 1. The second-order valence-electron chi connectivity index (χ2n) is 8.99. The standard InChI is InChI=1S/C23H34N8O/c1-14-8-9-17(20(24)32)12-19(14)28-23-30-21(26-15(2)16-6-4-3-5-7-16)29-22(31-23)27-18-10-11-25-13-18/h8-9,12,15-16,18,25H,3-7,10-11,13H2,1-2H3,(H2,24,32)(H3,26,27,28,29,30,31)/t15?,18-/m0/s1. The number of carbonyl (C=O) groups is 1. The van der Waals surface area contributed by atoms with Gasteiger partial charge in [0.25, 0.3) is 0 Å². The molecule has 0 bridgehead atoms. The van der Waals surface area contributed by atoms with Crippen molar-refractivity contribution in [1.29, 1.82) is 0 Å². The van der Waals surface area contributed by atoms with Crippen molar-refractivity contribution in [3.8, 4) is 0 Å². The fourth-order valence-electron chi connectivity index (χ4n) is 4.51. The first-order valence-electron chi connectivity index (χ1n) is 11.7. The van der Waals surface area contributed by atoms with Crippen molar-refractivity contribution in [1.82, 2.24) is 20.3 Å². The molecule has 1 aliphatic carbocycles. The first-order valence-corrected chi connectivity index (χ1v) is 11.7. The summed E-state index contributed by atoms with van der Waals surface area (Å²) in [5.74, 6) is 1.68. The summed E-state index contributed by atoms with van der Waals surface area (Å²) in [7, 11) is 0. The van der Waals surface area contributed by atoms with E-state index in [1.807, 2.05) is 13.0 Å². The van der Waals surface area contributed by atoms with Gasteiger partial charge in [0.15, 0.2) is 0 Å². The van der Waals surface area contributed by atoms with E-state index in [9.17, 15) is 4.79 Å². The zero-order chi connectivity index (χ0) is 22.5. The molecule has 32 heavy (non-hydrogen) atoms. The molecule has 1 unspecified atom stereocenters. The van der Waals surface area contributed by atoms with Crippen LogP contribution in [0, 0.1) is 12.8 Å². The van der Waals surface area contributed by atoms with Gasteiger partial charge in [-0.2, -0.15) is 15.0 Å². The lowest BCUT2D eigenvalue weighted by molar-refractivity contribution is 0.100. The second-order valence-corrected chi connectivity index (χ2v) is 8.99. The van der Waals surface area contributed by atoms with E-state index >= 15 is 0 Å². The average Bonchev–Trinajstić information content (AvgIpc) is 3.28. The third kappa shape index (κ3) is 5.64. The van der Waals surface area contributed by atoms with Gasteiger partial charge in [-0.3, -0.25) is 4.79 Å². The third-order valence-corrected chi connectivity index (χ3v) is 6.51. The van der Waals surface area contributed by atoms with Gasteiger partial charge in [0.2, 0.25) is 23.8 Å². The van der Waals surface area contributed by atoms with Gasteiger partial charge < -0.3 is 27.0 Å². The van der Waals surface area contributed by atoms with Crippen LogP contribution in [0.1, 0.15) is 61.4 Å². The summed E-state index contributed by atoms with van der Waals surface area (Å²) in [6.07, 6.45) is 7.41. The Morgan fingerprint density at radius 3 is 2.56 bits per heavy atom. The number of carbonyl (C=O) groups excluding carboxylic acids is 1. The van der Waals surface area contributed by atoms with Gasteiger partial charge in [-0.15, -0.1) is 0 Å². The Bertz CT molecular complexity index is 938. The van der Waals surface area contributed by atoms with Gasteiger partial charge in [0.05, 0.1) is 0 Å². The van der Waals surface area contributed by atoms with E-state index in [2.05, 4.69) is 43.1 Å². The average molecular weight is 439 g/mol.